The Hall–Kier alpha value is -2.17. The summed E-state index contributed by atoms with van der Waals surface area (Å²) >= 11 is 0. The summed E-state index contributed by atoms with van der Waals surface area (Å²) in [6.07, 6.45) is -1.72. The summed E-state index contributed by atoms with van der Waals surface area (Å²) in [5.74, 6) is -0.646. The molecule has 0 radical (unpaired) electrons. The summed E-state index contributed by atoms with van der Waals surface area (Å²) in [5.41, 5.74) is -0.489. The second-order valence-electron chi connectivity index (χ2n) is 4.06. The van der Waals surface area contributed by atoms with Crippen LogP contribution in [0.4, 0.5) is 13.2 Å². The lowest BCUT2D eigenvalue weighted by atomic mass is 9.96. The Kier molecular flexibility index (Phi) is 3.38. The Balaban J connectivity index is 2.55. The van der Waals surface area contributed by atoms with Gasteiger partial charge < -0.3 is 0 Å². The van der Waals surface area contributed by atoms with E-state index in [0.717, 1.165) is 6.07 Å². The highest BCUT2D eigenvalue weighted by Gasteiger charge is 2.35. The van der Waals surface area contributed by atoms with Crippen LogP contribution in [0.1, 0.15) is 27.0 Å². The molecule has 0 spiro atoms. The second kappa shape index (κ2) is 4.84. The van der Waals surface area contributed by atoms with Crippen LogP contribution < -0.4 is 0 Å². The molecule has 5 heteroatoms. The molecule has 0 bridgehead atoms. The number of nitrogens with zero attached hydrogens (tertiary/aromatic N) is 1. The number of alkyl halides is 3. The molecule has 0 aliphatic rings. The summed E-state index contributed by atoms with van der Waals surface area (Å²) in [7, 11) is 0. The first-order chi connectivity index (χ1) is 8.91. The Morgan fingerprint density at radius 1 is 1.11 bits per heavy atom. The molecule has 0 N–H and O–H groups in total. The molecule has 0 saturated heterocycles. The highest BCUT2D eigenvalue weighted by molar-refractivity contribution is 6.10. The van der Waals surface area contributed by atoms with Crippen molar-refractivity contribution in [1.29, 1.82) is 0 Å². The van der Waals surface area contributed by atoms with Crippen molar-refractivity contribution in [3.05, 3.63) is 65.0 Å². The maximum absolute atomic E-state index is 12.9. The van der Waals surface area contributed by atoms with Crippen molar-refractivity contribution in [3.63, 3.8) is 0 Å². The van der Waals surface area contributed by atoms with Crippen molar-refractivity contribution in [2.75, 3.05) is 0 Å². The van der Waals surface area contributed by atoms with Crippen molar-refractivity contribution in [1.82, 2.24) is 4.98 Å². The van der Waals surface area contributed by atoms with E-state index in [1.165, 1.54) is 36.7 Å². The summed E-state index contributed by atoms with van der Waals surface area (Å²) in [6, 6.07) is 6.19. The Morgan fingerprint density at radius 2 is 1.79 bits per heavy atom. The number of rotatable bonds is 2. The third-order valence-corrected chi connectivity index (χ3v) is 2.74. The topological polar surface area (TPSA) is 30.0 Å². The number of carbonyl (C=O) groups excluding carboxylic acids is 1. The zero-order chi connectivity index (χ0) is 14.0. The van der Waals surface area contributed by atoms with E-state index in [1.807, 2.05) is 0 Å². The molecule has 1 aromatic carbocycles. The van der Waals surface area contributed by atoms with Crippen molar-refractivity contribution in [2.24, 2.45) is 0 Å². The largest absolute Gasteiger partial charge is 0.417 e. The molecule has 1 aromatic heterocycles. The minimum atomic E-state index is -4.55. The summed E-state index contributed by atoms with van der Waals surface area (Å²) in [6.45, 7) is 1.64. The maximum Gasteiger partial charge on any atom is 0.417 e. The fourth-order valence-electron chi connectivity index (χ4n) is 1.80. The number of benzene rings is 1. The van der Waals surface area contributed by atoms with E-state index in [0.29, 0.717) is 5.56 Å². The number of hydrogen-bond acceptors (Lipinski definition) is 2. The van der Waals surface area contributed by atoms with Gasteiger partial charge in [-0.25, -0.2) is 0 Å². The van der Waals surface area contributed by atoms with Gasteiger partial charge in [-0.1, -0.05) is 18.2 Å². The van der Waals surface area contributed by atoms with E-state index >= 15 is 0 Å². The Bertz CT molecular complexity index is 620. The van der Waals surface area contributed by atoms with Gasteiger partial charge >= 0.3 is 6.18 Å². The number of halogens is 3. The molecule has 0 unspecified atom stereocenters. The highest BCUT2D eigenvalue weighted by Crippen LogP contribution is 2.33. The van der Waals surface area contributed by atoms with E-state index in [-0.39, 0.29) is 11.1 Å². The smallest absolute Gasteiger partial charge is 0.289 e. The van der Waals surface area contributed by atoms with Gasteiger partial charge in [0.1, 0.15) is 0 Å². The predicted molar refractivity (Wildman–Crippen MR) is 63.9 cm³/mol. The third-order valence-electron chi connectivity index (χ3n) is 2.74. The normalized spacial score (nSPS) is 11.4. The molecule has 98 valence electrons. The molecule has 0 saturated carbocycles. The Labute approximate surface area is 107 Å². The van der Waals surface area contributed by atoms with Gasteiger partial charge in [0.2, 0.25) is 0 Å². The van der Waals surface area contributed by atoms with Gasteiger partial charge in [-0.3, -0.25) is 9.78 Å². The Morgan fingerprint density at radius 3 is 2.42 bits per heavy atom. The van der Waals surface area contributed by atoms with Crippen LogP contribution in [-0.2, 0) is 6.18 Å². The molecule has 0 aliphatic carbocycles. The van der Waals surface area contributed by atoms with Gasteiger partial charge in [-0.05, 0) is 24.6 Å². The van der Waals surface area contributed by atoms with Crippen LogP contribution in [0.5, 0.6) is 0 Å². The molecule has 0 atom stereocenters. The monoisotopic (exact) mass is 265 g/mol. The number of ketones is 1. The standard InChI is InChI=1S/C14H10F3NO/c1-9-8-18-7-6-10(9)13(19)11-4-2-3-5-12(11)14(15,16)17/h2-8H,1H3. The predicted octanol–water partition coefficient (Wildman–Crippen LogP) is 3.64. The highest BCUT2D eigenvalue weighted by atomic mass is 19.4. The molecular formula is C14H10F3NO. The van der Waals surface area contributed by atoms with E-state index in [2.05, 4.69) is 4.98 Å². The third kappa shape index (κ3) is 2.65. The van der Waals surface area contributed by atoms with Gasteiger partial charge in [-0.15, -0.1) is 0 Å². The fraction of sp³-hybridized carbons (Fsp3) is 0.143. The number of carbonyl (C=O) groups is 1. The lowest BCUT2D eigenvalue weighted by Crippen LogP contribution is -2.14. The van der Waals surface area contributed by atoms with Gasteiger partial charge in [0.25, 0.3) is 0 Å². The molecule has 19 heavy (non-hydrogen) atoms. The number of hydrogen-bond donors (Lipinski definition) is 0. The van der Waals surface area contributed by atoms with Gasteiger partial charge in [-0.2, -0.15) is 13.2 Å². The van der Waals surface area contributed by atoms with Gasteiger partial charge in [0.05, 0.1) is 5.56 Å². The minimum absolute atomic E-state index is 0.228. The molecule has 2 nitrogen and oxygen atoms in total. The molecule has 2 aromatic rings. The first-order valence-electron chi connectivity index (χ1n) is 5.53. The first-order valence-corrected chi connectivity index (χ1v) is 5.53. The SMILES string of the molecule is Cc1cnccc1C(=O)c1ccccc1C(F)(F)F. The molecule has 0 amide bonds. The first kappa shape index (κ1) is 13.3. The van der Waals surface area contributed by atoms with Crippen LogP contribution >= 0.6 is 0 Å². The minimum Gasteiger partial charge on any atom is -0.289 e. The van der Waals surface area contributed by atoms with Crippen LogP contribution in [0.3, 0.4) is 0 Å². The lowest BCUT2D eigenvalue weighted by Gasteiger charge is -2.12. The average Bonchev–Trinajstić information content (AvgIpc) is 2.37. The fourth-order valence-corrected chi connectivity index (χ4v) is 1.80. The lowest BCUT2D eigenvalue weighted by molar-refractivity contribution is -0.137. The molecular weight excluding hydrogens is 255 g/mol. The summed E-state index contributed by atoms with van der Waals surface area (Å²) in [4.78, 5) is 16.0. The van der Waals surface area contributed by atoms with Crippen LogP contribution in [0.25, 0.3) is 0 Å². The van der Waals surface area contributed by atoms with Crippen molar-refractivity contribution < 1.29 is 18.0 Å². The van der Waals surface area contributed by atoms with E-state index < -0.39 is 17.5 Å². The summed E-state index contributed by atoms with van der Waals surface area (Å²) in [5, 5.41) is 0. The van der Waals surface area contributed by atoms with Gasteiger partial charge in [0.15, 0.2) is 5.78 Å². The molecule has 0 fully saturated rings. The maximum atomic E-state index is 12.9. The molecule has 2 rings (SSSR count). The molecule has 0 aliphatic heterocycles. The van der Waals surface area contributed by atoms with Crippen LogP contribution in [0.15, 0.2) is 42.7 Å². The number of aryl methyl sites for hydroxylation is 1. The zero-order valence-electron chi connectivity index (χ0n) is 10.0. The number of aromatic nitrogens is 1. The van der Waals surface area contributed by atoms with Crippen molar-refractivity contribution in [2.45, 2.75) is 13.1 Å². The van der Waals surface area contributed by atoms with Crippen LogP contribution in [0.2, 0.25) is 0 Å². The quantitative estimate of drug-likeness (QED) is 0.776. The van der Waals surface area contributed by atoms with E-state index in [9.17, 15) is 18.0 Å². The number of pyridine rings is 1. The zero-order valence-corrected chi connectivity index (χ0v) is 10.0. The van der Waals surface area contributed by atoms with Crippen LogP contribution in [0, 0.1) is 6.92 Å². The average molecular weight is 265 g/mol. The van der Waals surface area contributed by atoms with Crippen molar-refractivity contribution in [3.8, 4) is 0 Å². The molecule has 1 heterocycles. The van der Waals surface area contributed by atoms with Crippen molar-refractivity contribution >= 4 is 5.78 Å². The van der Waals surface area contributed by atoms with E-state index in [1.54, 1.807) is 6.92 Å². The van der Waals surface area contributed by atoms with E-state index in [4.69, 9.17) is 0 Å². The summed E-state index contributed by atoms with van der Waals surface area (Å²) < 4.78 is 38.6. The second-order valence-corrected chi connectivity index (χ2v) is 4.06. The van der Waals surface area contributed by atoms with Gasteiger partial charge in [0, 0.05) is 23.5 Å². The van der Waals surface area contributed by atoms with Crippen LogP contribution in [-0.4, -0.2) is 10.8 Å².